The molecule has 0 fully saturated rings. The van der Waals surface area contributed by atoms with Gasteiger partial charge < -0.3 is 14.9 Å². The van der Waals surface area contributed by atoms with Crippen molar-refractivity contribution in [2.45, 2.75) is 50.9 Å². The third-order valence-electron chi connectivity index (χ3n) is 6.16. The number of aliphatic hydroxyl groups is 1. The summed E-state index contributed by atoms with van der Waals surface area (Å²) in [6, 6.07) is 9.52. The summed E-state index contributed by atoms with van der Waals surface area (Å²) in [5.74, 6) is -1.46. The summed E-state index contributed by atoms with van der Waals surface area (Å²) in [5.41, 5.74) is -3.98. The second kappa shape index (κ2) is 11.2. The zero-order valence-corrected chi connectivity index (χ0v) is 22.4. The van der Waals surface area contributed by atoms with E-state index in [4.69, 9.17) is 16.1 Å². The van der Waals surface area contributed by atoms with Gasteiger partial charge in [-0.3, -0.25) is 9.36 Å². The number of carbonyl (C=O) groups excluding carboxylic acids is 1. The largest absolute Gasteiger partial charge is 0.416 e. The van der Waals surface area contributed by atoms with Crippen molar-refractivity contribution in [3.8, 4) is 11.4 Å². The minimum Gasteiger partial charge on any atom is -0.382 e. The molecule has 0 bridgehead atoms. The molecule has 2 atom stereocenters. The highest BCUT2D eigenvalue weighted by atomic mass is 35.5. The molecule has 2 heterocycles. The first-order valence-corrected chi connectivity index (χ1v) is 12.3. The summed E-state index contributed by atoms with van der Waals surface area (Å²) in [6.45, 7) is 0.635. The number of nitrogens with zero attached hydrogens (tertiary/aromatic N) is 5. The highest BCUT2D eigenvalue weighted by Gasteiger charge is 2.41. The molecular formula is C25H21ClF6N6O4. The van der Waals surface area contributed by atoms with Crippen molar-refractivity contribution in [1.82, 2.24) is 29.8 Å². The summed E-state index contributed by atoms with van der Waals surface area (Å²) in [4.78, 5) is 30.4. The normalized spacial score (nSPS) is 14.4. The topological polar surface area (TPSA) is 128 Å². The number of rotatable bonds is 8. The van der Waals surface area contributed by atoms with Gasteiger partial charge in [-0.25, -0.2) is 9.48 Å². The number of amides is 1. The van der Waals surface area contributed by atoms with Crippen LogP contribution in [0.3, 0.4) is 0 Å². The Labute approximate surface area is 237 Å². The molecule has 42 heavy (non-hydrogen) atoms. The van der Waals surface area contributed by atoms with Crippen LogP contribution in [0.25, 0.3) is 11.4 Å². The quantitative estimate of drug-likeness (QED) is 0.285. The Balaban J connectivity index is 1.72. The van der Waals surface area contributed by atoms with Crippen molar-refractivity contribution in [2.24, 2.45) is 0 Å². The molecule has 4 rings (SSSR count). The second-order valence-electron chi connectivity index (χ2n) is 9.34. The molecule has 0 aliphatic heterocycles. The van der Waals surface area contributed by atoms with Crippen molar-refractivity contribution in [2.75, 3.05) is 0 Å². The molecule has 0 saturated heterocycles. The average Bonchev–Trinajstić information content (AvgIpc) is 3.47. The van der Waals surface area contributed by atoms with Crippen molar-refractivity contribution in [3.63, 3.8) is 0 Å². The number of hydrogen-bond acceptors (Lipinski definition) is 7. The van der Waals surface area contributed by atoms with Crippen molar-refractivity contribution < 1.29 is 40.8 Å². The Morgan fingerprint density at radius 2 is 1.74 bits per heavy atom. The Morgan fingerprint density at radius 1 is 1.10 bits per heavy atom. The lowest BCUT2D eigenvalue weighted by molar-refractivity contribution is -0.207. The van der Waals surface area contributed by atoms with E-state index >= 15 is 0 Å². The van der Waals surface area contributed by atoms with Gasteiger partial charge in [-0.15, -0.1) is 5.10 Å². The van der Waals surface area contributed by atoms with Gasteiger partial charge in [0.1, 0.15) is 12.1 Å². The predicted octanol–water partition coefficient (Wildman–Crippen LogP) is 4.08. The van der Waals surface area contributed by atoms with Crippen molar-refractivity contribution >= 4 is 17.5 Å². The Kier molecular flexibility index (Phi) is 8.24. The molecule has 4 aromatic rings. The fourth-order valence-corrected chi connectivity index (χ4v) is 4.13. The standard InChI is InChI=1S/C25H21ClF6N6O4/c1-13-33-21(42-36-13)23(2,15-4-3-5-16(10-15)24(27,28)29)34-19(40)12-38-22(41)37(11-18(39)25(30,31)32)20(35-38)14-6-8-17(26)9-7-14/h3-10,18,39H,11-12H2,1-2H3,(H,34,40). The summed E-state index contributed by atoms with van der Waals surface area (Å²) in [5, 5.41) is 20.0. The van der Waals surface area contributed by atoms with E-state index in [2.05, 4.69) is 20.6 Å². The van der Waals surface area contributed by atoms with Gasteiger partial charge in [0.2, 0.25) is 5.91 Å². The van der Waals surface area contributed by atoms with Gasteiger partial charge in [0.05, 0.1) is 12.1 Å². The van der Waals surface area contributed by atoms with Gasteiger partial charge in [0.15, 0.2) is 17.8 Å². The molecule has 1 amide bonds. The van der Waals surface area contributed by atoms with Crippen LogP contribution in [0.1, 0.15) is 29.8 Å². The number of alkyl halides is 6. The highest BCUT2D eigenvalue weighted by Crippen LogP contribution is 2.34. The summed E-state index contributed by atoms with van der Waals surface area (Å²) < 4.78 is 85.9. The zero-order valence-electron chi connectivity index (χ0n) is 21.7. The monoisotopic (exact) mass is 618 g/mol. The number of nitrogens with one attached hydrogen (secondary N) is 1. The molecule has 10 nitrogen and oxygen atoms in total. The molecule has 0 spiro atoms. The van der Waals surface area contributed by atoms with E-state index in [-0.39, 0.29) is 33.7 Å². The van der Waals surface area contributed by atoms with Gasteiger partial charge in [-0.2, -0.15) is 31.3 Å². The van der Waals surface area contributed by atoms with Gasteiger partial charge in [-0.1, -0.05) is 28.9 Å². The number of benzene rings is 2. The van der Waals surface area contributed by atoms with E-state index in [0.717, 1.165) is 18.2 Å². The van der Waals surface area contributed by atoms with Crippen LogP contribution in [0.4, 0.5) is 26.3 Å². The molecular weight excluding hydrogens is 598 g/mol. The molecule has 2 aromatic carbocycles. The van der Waals surface area contributed by atoms with Gasteiger partial charge in [0.25, 0.3) is 5.89 Å². The van der Waals surface area contributed by atoms with Crippen LogP contribution in [-0.2, 0) is 29.6 Å². The van der Waals surface area contributed by atoms with Crippen LogP contribution in [0, 0.1) is 6.92 Å². The summed E-state index contributed by atoms with van der Waals surface area (Å²) in [7, 11) is 0. The number of aryl methyl sites for hydroxylation is 1. The van der Waals surface area contributed by atoms with E-state index in [1.54, 1.807) is 0 Å². The number of aliphatic hydroxyl groups excluding tert-OH is 1. The Bertz CT molecular complexity index is 1650. The van der Waals surface area contributed by atoms with Crippen LogP contribution in [-0.4, -0.2) is 47.8 Å². The van der Waals surface area contributed by atoms with Gasteiger partial charge >= 0.3 is 18.0 Å². The SMILES string of the molecule is Cc1noc(C(C)(NC(=O)Cn2nc(-c3ccc(Cl)cc3)n(CC(O)C(F)(F)F)c2=O)c2cccc(C(F)(F)F)c2)n1. The van der Waals surface area contributed by atoms with E-state index in [1.165, 1.54) is 44.2 Å². The molecule has 0 aliphatic rings. The zero-order chi connectivity index (χ0) is 31.0. The maximum absolute atomic E-state index is 13.4. The smallest absolute Gasteiger partial charge is 0.382 e. The maximum Gasteiger partial charge on any atom is 0.416 e. The number of carbonyl (C=O) groups is 1. The molecule has 0 saturated carbocycles. The van der Waals surface area contributed by atoms with E-state index < -0.39 is 54.2 Å². The highest BCUT2D eigenvalue weighted by molar-refractivity contribution is 6.30. The molecule has 2 N–H and O–H groups in total. The molecule has 2 aromatic heterocycles. The van der Waals surface area contributed by atoms with Crippen LogP contribution in [0.5, 0.6) is 0 Å². The van der Waals surface area contributed by atoms with Gasteiger partial charge in [-0.05, 0) is 55.8 Å². The molecule has 224 valence electrons. The average molecular weight is 619 g/mol. The fraction of sp³-hybridized carbons (Fsp3) is 0.320. The number of halogens is 7. The first-order valence-electron chi connectivity index (χ1n) is 12.0. The van der Waals surface area contributed by atoms with Crippen LogP contribution in [0.2, 0.25) is 5.02 Å². The predicted molar refractivity (Wildman–Crippen MR) is 134 cm³/mol. The lowest BCUT2D eigenvalue weighted by Crippen LogP contribution is -2.47. The second-order valence-corrected chi connectivity index (χ2v) is 9.77. The lowest BCUT2D eigenvalue weighted by Gasteiger charge is -2.28. The molecule has 17 heteroatoms. The van der Waals surface area contributed by atoms with Crippen molar-refractivity contribution in [3.05, 3.63) is 86.9 Å². The fourth-order valence-electron chi connectivity index (χ4n) is 4.01. The first-order chi connectivity index (χ1) is 19.5. The third kappa shape index (κ3) is 6.49. The minimum atomic E-state index is -5.06. The minimum absolute atomic E-state index is 0.0950. The van der Waals surface area contributed by atoms with Crippen LogP contribution >= 0.6 is 11.6 Å². The van der Waals surface area contributed by atoms with Crippen LogP contribution in [0.15, 0.2) is 57.8 Å². The lowest BCUT2D eigenvalue weighted by atomic mass is 9.90. The van der Waals surface area contributed by atoms with E-state index in [0.29, 0.717) is 9.25 Å². The first kappa shape index (κ1) is 30.8. The maximum atomic E-state index is 13.4. The Morgan fingerprint density at radius 3 is 2.31 bits per heavy atom. The Hall–Kier alpha value is -4.18. The number of aromatic nitrogens is 5. The molecule has 0 aliphatic carbocycles. The van der Waals surface area contributed by atoms with E-state index in [9.17, 15) is 41.0 Å². The van der Waals surface area contributed by atoms with E-state index in [1.807, 2.05) is 0 Å². The summed E-state index contributed by atoms with van der Waals surface area (Å²) >= 11 is 5.87. The third-order valence-corrected chi connectivity index (χ3v) is 6.42. The van der Waals surface area contributed by atoms with Gasteiger partial charge in [0, 0.05) is 10.6 Å². The number of hydrogen-bond donors (Lipinski definition) is 2. The summed E-state index contributed by atoms with van der Waals surface area (Å²) in [6.07, 6.45) is -12.7. The molecule has 0 radical (unpaired) electrons. The van der Waals surface area contributed by atoms with Crippen molar-refractivity contribution in [1.29, 1.82) is 0 Å². The van der Waals surface area contributed by atoms with Crippen LogP contribution < -0.4 is 11.0 Å². The molecule has 2 unspecified atom stereocenters.